The molecule has 0 saturated carbocycles. The van der Waals surface area contributed by atoms with E-state index in [9.17, 15) is 13.2 Å². The molecule has 0 saturated heterocycles. The lowest BCUT2D eigenvalue weighted by Crippen LogP contribution is -2.22. The van der Waals surface area contributed by atoms with E-state index >= 15 is 0 Å². The summed E-state index contributed by atoms with van der Waals surface area (Å²) in [5.74, 6) is -0.958. The van der Waals surface area contributed by atoms with Gasteiger partial charge in [0.05, 0.1) is 11.3 Å². The standard InChI is InChI=1S/C12H15ClO4S/c1-12(2,7-11(14)15)9-6-8(18(3,16)17)4-5-10(9)13/h4-6H,7H2,1-3H3,(H,14,15). The Morgan fingerprint density at radius 1 is 1.39 bits per heavy atom. The fraction of sp³-hybridized carbons (Fsp3) is 0.417. The van der Waals surface area contributed by atoms with E-state index in [0.717, 1.165) is 6.26 Å². The predicted molar refractivity (Wildman–Crippen MR) is 69.8 cm³/mol. The van der Waals surface area contributed by atoms with Crippen LogP contribution in [0.2, 0.25) is 5.02 Å². The van der Waals surface area contributed by atoms with Crippen molar-refractivity contribution >= 4 is 27.4 Å². The minimum Gasteiger partial charge on any atom is -0.481 e. The number of rotatable bonds is 4. The highest BCUT2D eigenvalue weighted by Gasteiger charge is 2.27. The smallest absolute Gasteiger partial charge is 0.304 e. The summed E-state index contributed by atoms with van der Waals surface area (Å²) in [7, 11) is -3.34. The van der Waals surface area contributed by atoms with Gasteiger partial charge in [-0.25, -0.2) is 8.42 Å². The van der Waals surface area contributed by atoms with E-state index in [4.69, 9.17) is 16.7 Å². The van der Waals surface area contributed by atoms with E-state index in [1.807, 2.05) is 0 Å². The molecule has 18 heavy (non-hydrogen) atoms. The van der Waals surface area contributed by atoms with Crippen LogP contribution in [0.25, 0.3) is 0 Å². The highest BCUT2D eigenvalue weighted by Crippen LogP contribution is 2.34. The average molecular weight is 291 g/mol. The molecule has 1 N–H and O–H groups in total. The van der Waals surface area contributed by atoms with Crippen molar-refractivity contribution in [2.24, 2.45) is 0 Å². The molecule has 0 bridgehead atoms. The zero-order chi connectivity index (χ0) is 14.1. The van der Waals surface area contributed by atoms with Gasteiger partial charge in [0.1, 0.15) is 0 Å². The van der Waals surface area contributed by atoms with E-state index < -0.39 is 21.2 Å². The Kier molecular flexibility index (Phi) is 4.08. The summed E-state index contributed by atoms with van der Waals surface area (Å²) in [5.41, 5.74) is -0.210. The molecule has 4 nitrogen and oxygen atoms in total. The molecule has 1 aromatic rings. The first-order valence-electron chi connectivity index (χ1n) is 5.26. The summed E-state index contributed by atoms with van der Waals surface area (Å²) in [6, 6.07) is 4.34. The molecule has 0 unspecified atom stereocenters. The summed E-state index contributed by atoms with van der Waals surface area (Å²) in [4.78, 5) is 11.0. The van der Waals surface area contributed by atoms with Gasteiger partial charge in [-0.2, -0.15) is 0 Å². The van der Waals surface area contributed by atoms with Gasteiger partial charge in [0.15, 0.2) is 9.84 Å². The van der Waals surface area contributed by atoms with Crippen LogP contribution in [0.1, 0.15) is 25.8 Å². The average Bonchev–Trinajstić information content (AvgIpc) is 2.13. The minimum atomic E-state index is -3.34. The fourth-order valence-electron chi connectivity index (χ4n) is 1.73. The van der Waals surface area contributed by atoms with Crippen LogP contribution in [0, 0.1) is 0 Å². The molecule has 0 aliphatic carbocycles. The number of carbonyl (C=O) groups is 1. The van der Waals surface area contributed by atoms with E-state index in [-0.39, 0.29) is 11.3 Å². The van der Waals surface area contributed by atoms with Gasteiger partial charge in [-0.3, -0.25) is 4.79 Å². The first-order valence-corrected chi connectivity index (χ1v) is 7.53. The van der Waals surface area contributed by atoms with E-state index in [0.29, 0.717) is 10.6 Å². The SMILES string of the molecule is CC(C)(CC(=O)O)c1cc(S(C)(=O)=O)ccc1Cl. The van der Waals surface area contributed by atoms with Crippen LogP contribution >= 0.6 is 11.6 Å². The maximum atomic E-state index is 11.5. The number of carboxylic acid groups (broad SMARTS) is 1. The van der Waals surface area contributed by atoms with Gasteiger partial charge in [-0.1, -0.05) is 25.4 Å². The van der Waals surface area contributed by atoms with Gasteiger partial charge < -0.3 is 5.11 Å². The molecule has 1 aromatic carbocycles. The number of benzene rings is 1. The van der Waals surface area contributed by atoms with E-state index in [1.165, 1.54) is 18.2 Å². The zero-order valence-electron chi connectivity index (χ0n) is 10.4. The number of sulfone groups is 1. The Morgan fingerprint density at radius 3 is 2.39 bits per heavy atom. The summed E-state index contributed by atoms with van der Waals surface area (Å²) < 4.78 is 23.0. The Labute approximate surface area is 112 Å². The molecule has 6 heteroatoms. The van der Waals surface area contributed by atoms with Crippen LogP contribution in [0.3, 0.4) is 0 Å². The second-order valence-corrected chi connectivity index (χ2v) is 7.29. The normalized spacial score (nSPS) is 12.4. The molecule has 0 aromatic heterocycles. The molecule has 0 amide bonds. The lowest BCUT2D eigenvalue weighted by Gasteiger charge is -2.24. The van der Waals surface area contributed by atoms with Gasteiger partial charge in [0, 0.05) is 16.7 Å². The van der Waals surface area contributed by atoms with Crippen molar-refractivity contribution in [3.05, 3.63) is 28.8 Å². The molecule has 0 aliphatic rings. The van der Waals surface area contributed by atoms with Crippen molar-refractivity contribution in [2.45, 2.75) is 30.6 Å². The first kappa shape index (κ1) is 15.0. The van der Waals surface area contributed by atoms with Crippen LogP contribution in [0.5, 0.6) is 0 Å². The van der Waals surface area contributed by atoms with Crippen molar-refractivity contribution in [2.75, 3.05) is 6.26 Å². The summed E-state index contributed by atoms with van der Waals surface area (Å²) in [6.07, 6.45) is 0.976. The second kappa shape index (κ2) is 4.90. The highest BCUT2D eigenvalue weighted by molar-refractivity contribution is 7.90. The first-order chi connectivity index (χ1) is 8.04. The summed E-state index contributed by atoms with van der Waals surface area (Å²) in [5, 5.41) is 9.24. The van der Waals surface area contributed by atoms with Crippen LogP contribution < -0.4 is 0 Å². The maximum Gasteiger partial charge on any atom is 0.304 e. The molecule has 0 fully saturated rings. The Morgan fingerprint density at radius 2 is 1.94 bits per heavy atom. The van der Waals surface area contributed by atoms with Gasteiger partial charge in [0.2, 0.25) is 0 Å². The molecule has 100 valence electrons. The zero-order valence-corrected chi connectivity index (χ0v) is 12.0. The third kappa shape index (κ3) is 3.46. The Hall–Kier alpha value is -1.07. The molecule has 1 rings (SSSR count). The fourth-order valence-corrected chi connectivity index (χ4v) is 2.75. The van der Waals surface area contributed by atoms with Crippen molar-refractivity contribution in [1.82, 2.24) is 0 Å². The van der Waals surface area contributed by atoms with Crippen LogP contribution in [0.4, 0.5) is 0 Å². The van der Waals surface area contributed by atoms with E-state index in [2.05, 4.69) is 0 Å². The van der Waals surface area contributed by atoms with Crippen LogP contribution in [-0.2, 0) is 20.0 Å². The second-order valence-electron chi connectivity index (χ2n) is 4.87. The third-order valence-corrected chi connectivity index (χ3v) is 4.13. The highest BCUT2D eigenvalue weighted by atomic mass is 35.5. The number of hydrogen-bond donors (Lipinski definition) is 1. The number of aliphatic carboxylic acids is 1. The van der Waals surface area contributed by atoms with Crippen molar-refractivity contribution in [1.29, 1.82) is 0 Å². The minimum absolute atomic E-state index is 0.125. The Balaban J connectivity index is 3.36. The number of carboxylic acids is 1. The third-order valence-electron chi connectivity index (χ3n) is 2.69. The predicted octanol–water partition coefficient (Wildman–Crippen LogP) is 2.50. The lowest BCUT2D eigenvalue weighted by molar-refractivity contribution is -0.138. The molecule has 0 heterocycles. The van der Waals surface area contributed by atoms with Gasteiger partial charge in [0.25, 0.3) is 0 Å². The van der Waals surface area contributed by atoms with Crippen molar-refractivity contribution < 1.29 is 18.3 Å². The summed E-state index contributed by atoms with van der Waals surface area (Å²) >= 11 is 6.03. The van der Waals surface area contributed by atoms with Crippen LogP contribution in [-0.4, -0.2) is 25.7 Å². The molecule has 0 spiro atoms. The summed E-state index contributed by atoms with van der Waals surface area (Å²) in [6.45, 7) is 3.43. The van der Waals surface area contributed by atoms with Crippen LogP contribution in [0.15, 0.2) is 23.1 Å². The monoisotopic (exact) mass is 290 g/mol. The number of hydrogen-bond acceptors (Lipinski definition) is 3. The van der Waals surface area contributed by atoms with Crippen molar-refractivity contribution in [3.63, 3.8) is 0 Å². The van der Waals surface area contributed by atoms with Gasteiger partial charge in [-0.15, -0.1) is 0 Å². The molecule has 0 aliphatic heterocycles. The maximum absolute atomic E-state index is 11.5. The lowest BCUT2D eigenvalue weighted by atomic mass is 9.81. The largest absolute Gasteiger partial charge is 0.481 e. The molecular weight excluding hydrogens is 276 g/mol. The molecule has 0 atom stereocenters. The Bertz CT molecular complexity index is 576. The molecule has 0 radical (unpaired) electrons. The van der Waals surface area contributed by atoms with Crippen molar-refractivity contribution in [3.8, 4) is 0 Å². The number of halogens is 1. The van der Waals surface area contributed by atoms with Gasteiger partial charge >= 0.3 is 5.97 Å². The quantitative estimate of drug-likeness (QED) is 0.925. The van der Waals surface area contributed by atoms with Gasteiger partial charge in [-0.05, 0) is 23.8 Å². The van der Waals surface area contributed by atoms with E-state index in [1.54, 1.807) is 13.8 Å². The topological polar surface area (TPSA) is 71.4 Å². The molecular formula is C12H15ClO4S.